The highest BCUT2D eigenvalue weighted by atomic mass is 16.6. The van der Waals surface area contributed by atoms with Gasteiger partial charge in [0.15, 0.2) is 6.29 Å². The van der Waals surface area contributed by atoms with Crippen molar-refractivity contribution in [3.8, 4) is 0 Å². The maximum atomic E-state index is 10.4. The monoisotopic (exact) mass is 406 g/mol. The van der Waals surface area contributed by atoms with E-state index in [1.165, 1.54) is 70.6 Å². The summed E-state index contributed by atoms with van der Waals surface area (Å²) >= 11 is 0. The standard InChI is InChI=1S/C25H42O4/c26-24(27)20-16-11-9-7-5-3-1-2-4-6-8-10-12-17-21-25(28)29-22-23-18-14-13-15-19-23/h13-15,18-19,25,28H,1-12,16-17,20-22H2,(H,26,27). The topological polar surface area (TPSA) is 66.8 Å². The van der Waals surface area contributed by atoms with Gasteiger partial charge in [0.05, 0.1) is 6.61 Å². The quantitative estimate of drug-likeness (QED) is 0.184. The molecule has 0 radical (unpaired) electrons. The SMILES string of the molecule is O=C(O)CCCCCCCCCCCCCCCCC(O)OCc1ccccc1. The number of hydrogen-bond donors (Lipinski definition) is 2. The zero-order valence-corrected chi connectivity index (χ0v) is 18.2. The number of aliphatic carboxylic acids is 1. The van der Waals surface area contributed by atoms with Crippen LogP contribution in [0.5, 0.6) is 0 Å². The van der Waals surface area contributed by atoms with E-state index in [-0.39, 0.29) is 0 Å². The lowest BCUT2D eigenvalue weighted by molar-refractivity contribution is -0.137. The van der Waals surface area contributed by atoms with E-state index in [0.717, 1.165) is 31.2 Å². The van der Waals surface area contributed by atoms with Crippen LogP contribution in [0.4, 0.5) is 0 Å². The van der Waals surface area contributed by atoms with Crippen molar-refractivity contribution < 1.29 is 19.7 Å². The molecule has 0 aliphatic carbocycles. The van der Waals surface area contributed by atoms with Crippen LogP contribution in [-0.2, 0) is 16.1 Å². The fraction of sp³-hybridized carbons (Fsp3) is 0.720. The molecule has 0 aromatic heterocycles. The summed E-state index contributed by atoms with van der Waals surface area (Å²) in [5.41, 5.74) is 1.10. The number of benzene rings is 1. The number of rotatable bonds is 20. The highest BCUT2D eigenvalue weighted by Gasteiger charge is 2.04. The normalized spacial score (nSPS) is 12.2. The van der Waals surface area contributed by atoms with Crippen molar-refractivity contribution in [3.05, 3.63) is 35.9 Å². The van der Waals surface area contributed by atoms with Gasteiger partial charge >= 0.3 is 5.97 Å². The summed E-state index contributed by atoms with van der Waals surface area (Å²) in [5, 5.41) is 18.5. The minimum atomic E-state index is -0.671. The first-order chi connectivity index (χ1) is 14.2. The van der Waals surface area contributed by atoms with Gasteiger partial charge in [0.2, 0.25) is 0 Å². The molecule has 0 heterocycles. The van der Waals surface area contributed by atoms with Gasteiger partial charge in [-0.25, -0.2) is 0 Å². The zero-order valence-electron chi connectivity index (χ0n) is 18.2. The third-order valence-electron chi connectivity index (χ3n) is 5.38. The van der Waals surface area contributed by atoms with Crippen molar-refractivity contribution in [1.29, 1.82) is 0 Å². The maximum Gasteiger partial charge on any atom is 0.303 e. The van der Waals surface area contributed by atoms with Crippen molar-refractivity contribution in [2.24, 2.45) is 0 Å². The van der Waals surface area contributed by atoms with Crippen molar-refractivity contribution in [2.75, 3.05) is 0 Å². The molecule has 1 atom stereocenters. The predicted molar refractivity (Wildman–Crippen MR) is 119 cm³/mol. The molecule has 2 N–H and O–H groups in total. The Morgan fingerprint density at radius 3 is 1.66 bits per heavy atom. The first-order valence-electron chi connectivity index (χ1n) is 11.7. The number of aliphatic hydroxyl groups excluding tert-OH is 1. The van der Waals surface area contributed by atoms with Crippen LogP contribution in [-0.4, -0.2) is 22.5 Å². The molecule has 0 aliphatic heterocycles. The molecule has 4 heteroatoms. The molecule has 1 unspecified atom stereocenters. The van der Waals surface area contributed by atoms with E-state index in [0.29, 0.717) is 13.0 Å². The summed E-state index contributed by atoms with van der Waals surface area (Å²) in [6.45, 7) is 0.479. The first kappa shape index (κ1) is 25.6. The number of ether oxygens (including phenoxy) is 1. The summed E-state index contributed by atoms with van der Waals surface area (Å²) in [7, 11) is 0. The Morgan fingerprint density at radius 2 is 1.17 bits per heavy atom. The lowest BCUT2D eigenvalue weighted by atomic mass is 10.0. The Labute approximate surface area is 177 Å². The summed E-state index contributed by atoms with van der Waals surface area (Å²) < 4.78 is 5.49. The van der Waals surface area contributed by atoms with Gasteiger partial charge < -0.3 is 14.9 Å². The molecule has 0 spiro atoms. The summed E-state index contributed by atoms with van der Waals surface area (Å²) in [6, 6.07) is 9.97. The van der Waals surface area contributed by atoms with Crippen LogP contribution < -0.4 is 0 Å². The second-order valence-electron chi connectivity index (χ2n) is 8.13. The fourth-order valence-electron chi connectivity index (χ4n) is 3.57. The van der Waals surface area contributed by atoms with Crippen LogP contribution in [0.1, 0.15) is 108 Å². The molecule has 1 aromatic rings. The fourth-order valence-corrected chi connectivity index (χ4v) is 3.57. The number of unbranched alkanes of at least 4 members (excludes halogenated alkanes) is 13. The first-order valence-corrected chi connectivity index (χ1v) is 11.7. The van der Waals surface area contributed by atoms with Crippen molar-refractivity contribution in [2.45, 2.75) is 116 Å². The molecular formula is C25H42O4. The molecular weight excluding hydrogens is 364 g/mol. The predicted octanol–water partition coefficient (Wildman–Crippen LogP) is 6.85. The van der Waals surface area contributed by atoms with Gasteiger partial charge in [-0.15, -0.1) is 0 Å². The van der Waals surface area contributed by atoms with Gasteiger partial charge in [-0.05, 0) is 24.8 Å². The molecule has 0 bridgehead atoms. The summed E-state index contributed by atoms with van der Waals surface area (Å²) in [5.74, 6) is -0.671. The largest absolute Gasteiger partial charge is 0.481 e. The second-order valence-corrected chi connectivity index (χ2v) is 8.13. The van der Waals surface area contributed by atoms with E-state index in [4.69, 9.17) is 9.84 Å². The second kappa shape index (κ2) is 18.6. The van der Waals surface area contributed by atoms with Crippen molar-refractivity contribution in [3.63, 3.8) is 0 Å². The molecule has 166 valence electrons. The van der Waals surface area contributed by atoms with E-state index in [2.05, 4.69) is 0 Å². The molecule has 0 aliphatic rings. The molecule has 0 fully saturated rings. The highest BCUT2D eigenvalue weighted by molar-refractivity contribution is 5.66. The number of aliphatic hydroxyl groups is 1. The van der Waals surface area contributed by atoms with Gasteiger partial charge in [0.1, 0.15) is 0 Å². The van der Waals surface area contributed by atoms with Crippen LogP contribution in [0.25, 0.3) is 0 Å². The molecule has 0 saturated heterocycles. The van der Waals surface area contributed by atoms with Crippen molar-refractivity contribution >= 4 is 5.97 Å². The molecule has 29 heavy (non-hydrogen) atoms. The minimum Gasteiger partial charge on any atom is -0.481 e. The molecule has 1 aromatic carbocycles. The van der Waals surface area contributed by atoms with E-state index in [1.54, 1.807) is 0 Å². The van der Waals surface area contributed by atoms with E-state index >= 15 is 0 Å². The molecule has 1 rings (SSSR count). The summed E-state index contributed by atoms with van der Waals surface area (Å²) in [6.07, 6.45) is 17.4. The van der Waals surface area contributed by atoms with Gasteiger partial charge in [-0.1, -0.05) is 107 Å². The number of carboxylic acid groups (broad SMARTS) is 1. The Bertz CT molecular complexity index is 489. The number of carboxylic acids is 1. The number of hydrogen-bond acceptors (Lipinski definition) is 3. The Balaban J connectivity index is 1.75. The van der Waals surface area contributed by atoms with Crippen LogP contribution in [0.2, 0.25) is 0 Å². The van der Waals surface area contributed by atoms with Gasteiger partial charge in [-0.2, -0.15) is 0 Å². The van der Waals surface area contributed by atoms with Crippen molar-refractivity contribution in [1.82, 2.24) is 0 Å². The van der Waals surface area contributed by atoms with E-state index in [9.17, 15) is 9.90 Å². The Hall–Kier alpha value is -1.39. The third kappa shape index (κ3) is 17.2. The zero-order chi connectivity index (χ0) is 21.0. The molecule has 0 saturated carbocycles. The lowest BCUT2D eigenvalue weighted by Crippen LogP contribution is -2.11. The minimum absolute atomic E-state index is 0.322. The van der Waals surface area contributed by atoms with E-state index in [1.807, 2.05) is 30.3 Å². The average molecular weight is 407 g/mol. The maximum absolute atomic E-state index is 10.4. The third-order valence-corrected chi connectivity index (χ3v) is 5.38. The van der Waals surface area contributed by atoms with Crippen LogP contribution in [0, 0.1) is 0 Å². The molecule has 0 amide bonds. The number of carbonyl (C=O) groups is 1. The van der Waals surface area contributed by atoms with Crippen LogP contribution >= 0.6 is 0 Å². The van der Waals surface area contributed by atoms with E-state index < -0.39 is 12.3 Å². The highest BCUT2D eigenvalue weighted by Crippen LogP contribution is 2.14. The smallest absolute Gasteiger partial charge is 0.303 e. The average Bonchev–Trinajstić information content (AvgIpc) is 2.72. The lowest BCUT2D eigenvalue weighted by Gasteiger charge is -2.12. The van der Waals surface area contributed by atoms with Gasteiger partial charge in [0.25, 0.3) is 0 Å². The summed E-state index contributed by atoms with van der Waals surface area (Å²) in [4.78, 5) is 10.4. The van der Waals surface area contributed by atoms with Crippen LogP contribution in [0.3, 0.4) is 0 Å². The van der Waals surface area contributed by atoms with Gasteiger partial charge in [0, 0.05) is 6.42 Å². The van der Waals surface area contributed by atoms with Crippen LogP contribution in [0.15, 0.2) is 30.3 Å². The Kier molecular flexibility index (Phi) is 16.5. The van der Waals surface area contributed by atoms with Gasteiger partial charge in [-0.3, -0.25) is 4.79 Å². The Morgan fingerprint density at radius 1 is 0.724 bits per heavy atom. The molecule has 4 nitrogen and oxygen atoms in total.